The highest BCUT2D eigenvalue weighted by molar-refractivity contribution is 6.74. The lowest BCUT2D eigenvalue weighted by molar-refractivity contribution is -0.101. The molecule has 2 aliphatic rings. The second-order valence-corrected chi connectivity index (χ2v) is 35.4. The summed E-state index contributed by atoms with van der Waals surface area (Å²) < 4.78 is 50.1. The minimum Gasteiger partial charge on any atom is -0.471 e. The van der Waals surface area contributed by atoms with Crippen molar-refractivity contribution in [2.45, 2.75) is 134 Å². The van der Waals surface area contributed by atoms with E-state index in [0.29, 0.717) is 35.3 Å². The van der Waals surface area contributed by atoms with E-state index in [1.165, 1.54) is 0 Å². The van der Waals surface area contributed by atoms with Crippen LogP contribution in [0.1, 0.15) is 114 Å². The molecule has 2 unspecified atom stereocenters. The number of imidazole rings is 1. The number of nitrogens with zero attached hydrogens (tertiary/aromatic N) is 4. The van der Waals surface area contributed by atoms with E-state index in [1.807, 2.05) is 65.2 Å². The molecule has 1 fully saturated rings. The molecule has 8 aromatic carbocycles. The average Bonchev–Trinajstić information content (AvgIpc) is 1.27. The monoisotopic (exact) mass is 1200 g/mol. The molecular weight excluding hydrogens is 1130 g/mol. The molecular formula is C70H73N5O10Si2. The van der Waals surface area contributed by atoms with Crippen molar-refractivity contribution < 1.29 is 46.9 Å². The van der Waals surface area contributed by atoms with Gasteiger partial charge in [0.1, 0.15) is 18.9 Å². The van der Waals surface area contributed by atoms with E-state index in [9.17, 15) is 14.4 Å². The maximum Gasteiger partial charge on any atom is 0.338 e. The third-order valence-electron chi connectivity index (χ3n) is 18.1. The van der Waals surface area contributed by atoms with E-state index < -0.39 is 71.2 Å². The smallest absolute Gasteiger partial charge is 0.338 e. The lowest BCUT2D eigenvalue weighted by atomic mass is 9.76. The number of benzene rings is 8. The van der Waals surface area contributed by atoms with Crippen molar-refractivity contribution in [1.82, 2.24) is 19.5 Å². The van der Waals surface area contributed by atoms with Crippen LogP contribution in [-0.2, 0) is 34.4 Å². The first-order valence-electron chi connectivity index (χ1n) is 29.8. The quantitative estimate of drug-likeness (QED) is 0.0395. The highest BCUT2D eigenvalue weighted by Crippen LogP contribution is 2.51. The summed E-state index contributed by atoms with van der Waals surface area (Å²) in [5.74, 6) is -1.91. The normalized spacial score (nSPS) is 20.0. The van der Waals surface area contributed by atoms with Gasteiger partial charge in [-0.25, -0.2) is 19.4 Å². The topological polar surface area (TPSA) is 171 Å². The number of hydrogen-bond acceptors (Lipinski definition) is 14. The van der Waals surface area contributed by atoms with Gasteiger partial charge in [0.25, 0.3) is 0 Å². The molecule has 1 N–H and O–H groups in total. The van der Waals surface area contributed by atoms with Crippen molar-refractivity contribution in [2.24, 2.45) is 0 Å². The molecule has 0 radical (unpaired) electrons. The van der Waals surface area contributed by atoms with Gasteiger partial charge >= 0.3 is 17.9 Å². The number of ether oxygens (including phenoxy) is 5. The summed E-state index contributed by atoms with van der Waals surface area (Å²) in [5.41, 5.74) is 3.50. The van der Waals surface area contributed by atoms with Crippen molar-refractivity contribution in [2.75, 3.05) is 11.9 Å². The van der Waals surface area contributed by atoms with E-state index in [-0.39, 0.29) is 51.3 Å². The van der Waals surface area contributed by atoms with Crippen LogP contribution in [0.5, 0.6) is 5.88 Å². The molecule has 0 amide bonds. The first-order chi connectivity index (χ1) is 41.6. The van der Waals surface area contributed by atoms with Crippen molar-refractivity contribution in [1.29, 1.82) is 0 Å². The van der Waals surface area contributed by atoms with E-state index in [2.05, 4.69) is 97.3 Å². The Bertz CT molecular complexity index is 4120. The van der Waals surface area contributed by atoms with Gasteiger partial charge in [-0.2, -0.15) is 9.97 Å². The Morgan fingerprint density at radius 1 is 0.621 bits per heavy atom. The summed E-state index contributed by atoms with van der Waals surface area (Å²) in [6, 6.07) is 50.8. The van der Waals surface area contributed by atoms with Crippen LogP contribution in [0.2, 0.25) is 36.3 Å². The van der Waals surface area contributed by atoms with Crippen LogP contribution in [-0.4, -0.2) is 85.1 Å². The van der Waals surface area contributed by atoms with Gasteiger partial charge in [0.15, 0.2) is 46.1 Å². The Labute approximate surface area is 508 Å². The largest absolute Gasteiger partial charge is 0.471 e. The molecule has 87 heavy (non-hydrogen) atoms. The Balaban J connectivity index is 1.06. The van der Waals surface area contributed by atoms with Crippen LogP contribution in [0.25, 0.3) is 43.5 Å². The maximum absolute atomic E-state index is 15.0. The molecule has 0 saturated carbocycles. The zero-order valence-corrected chi connectivity index (χ0v) is 52.8. The molecule has 1 saturated heterocycles. The molecule has 1 aliphatic heterocycles. The van der Waals surface area contributed by atoms with Gasteiger partial charge in [0.05, 0.1) is 41.8 Å². The molecule has 15 nitrogen and oxygen atoms in total. The highest BCUT2D eigenvalue weighted by atomic mass is 28.4. The summed E-state index contributed by atoms with van der Waals surface area (Å²) in [5, 5.41) is 9.16. The number of rotatable bonds is 17. The highest BCUT2D eigenvalue weighted by Gasteiger charge is 2.52. The van der Waals surface area contributed by atoms with Crippen molar-refractivity contribution in [3.8, 4) is 5.88 Å². The third-order valence-corrected chi connectivity index (χ3v) is 27.1. The molecule has 7 atom stereocenters. The summed E-state index contributed by atoms with van der Waals surface area (Å²) in [6.45, 7) is 22.9. The molecule has 0 spiro atoms. The second kappa shape index (κ2) is 23.4. The van der Waals surface area contributed by atoms with E-state index >= 15 is 0 Å². The standard InChI is InChI=1S/C70H73N5O10Si2/c1-69(2,3)86(7,8)80-41-53-52(85-87(9,10)70(4,5)6)39-54(81-53)75-42-71-59-63(75)73-68(74-64(59)79-40-43-24-15-11-16-25-43)72-58-57-50-37-36-45-33-23-32-44-34-35-49(56(50)55(44)45)38-51(57)60(82-65(76)46-26-17-12-18-27-46)62(84-67(78)48-30-21-14-22-31-48)61(58)83-66(77)47-28-19-13-20-29-47/h11-38,42,52-54,58,60-62H,39-41H2,1-10H3,(H,72,73,74)/t52-,53+,54+,58?,60+,61?,62-/m0/s1. The molecule has 446 valence electrons. The van der Waals surface area contributed by atoms with Gasteiger partial charge in [-0.05, 0) is 122 Å². The molecule has 3 heterocycles. The number of hydrogen-bond donors (Lipinski definition) is 1. The van der Waals surface area contributed by atoms with E-state index in [4.69, 9.17) is 47.5 Å². The van der Waals surface area contributed by atoms with E-state index in [1.54, 1.807) is 91.3 Å². The van der Waals surface area contributed by atoms with E-state index in [0.717, 1.165) is 37.9 Å². The fourth-order valence-corrected chi connectivity index (χ4v) is 13.7. The fourth-order valence-electron chi connectivity index (χ4n) is 11.3. The SMILES string of the molecule is CC(C)(C)[Si](C)(C)OC[C@H]1O[C@@H](n2cnc3c(OCc4ccccc4)nc(NC4c5c(cc6ccc7cccc8ccc5c6c78)[C@@H](OC(=O)c5ccccc5)[C@H](OC(=O)c5ccccc5)C4OC(=O)c4ccccc4)nc32)C[C@@H]1O[Si](C)(C)C(C)(C)C. The molecule has 1 aliphatic carbocycles. The van der Waals surface area contributed by atoms with Gasteiger partial charge in [0.2, 0.25) is 11.8 Å². The molecule has 12 rings (SSSR count). The van der Waals surface area contributed by atoms with Crippen molar-refractivity contribution in [3.63, 3.8) is 0 Å². The van der Waals surface area contributed by atoms with Gasteiger partial charge < -0.3 is 37.9 Å². The lowest BCUT2D eigenvalue weighted by Crippen LogP contribution is -2.50. The Kier molecular flexibility index (Phi) is 15.9. The predicted octanol–water partition coefficient (Wildman–Crippen LogP) is 15.5. The number of carbonyl (C=O) groups is 3. The first-order valence-corrected chi connectivity index (χ1v) is 35.6. The number of fused-ring (bicyclic) bond motifs is 3. The first kappa shape index (κ1) is 59.0. The van der Waals surface area contributed by atoms with Gasteiger partial charge in [-0.3, -0.25) is 4.57 Å². The Morgan fingerprint density at radius 3 is 1.77 bits per heavy atom. The van der Waals surface area contributed by atoms with Crippen LogP contribution < -0.4 is 10.1 Å². The van der Waals surface area contributed by atoms with Crippen LogP contribution in [0, 0.1) is 0 Å². The van der Waals surface area contributed by atoms with Crippen molar-refractivity contribution >= 4 is 84.0 Å². The summed E-state index contributed by atoms with van der Waals surface area (Å²) >= 11 is 0. The molecule has 2 aromatic heterocycles. The van der Waals surface area contributed by atoms with Gasteiger partial charge in [0, 0.05) is 12.0 Å². The number of aromatic nitrogens is 4. The Morgan fingerprint density at radius 2 is 1.17 bits per heavy atom. The number of carbonyl (C=O) groups excluding carboxylic acids is 3. The minimum atomic E-state index is -2.35. The molecule has 10 aromatic rings. The maximum atomic E-state index is 15.0. The number of nitrogens with one attached hydrogen (secondary N) is 1. The van der Waals surface area contributed by atoms with Gasteiger partial charge in [-0.15, -0.1) is 0 Å². The predicted molar refractivity (Wildman–Crippen MR) is 342 cm³/mol. The van der Waals surface area contributed by atoms with Crippen LogP contribution in [0.4, 0.5) is 5.95 Å². The lowest BCUT2D eigenvalue weighted by Gasteiger charge is -2.43. The summed E-state index contributed by atoms with van der Waals surface area (Å²) in [7, 11) is -4.59. The van der Waals surface area contributed by atoms with Crippen LogP contribution in [0.3, 0.4) is 0 Å². The minimum absolute atomic E-state index is 0.0372. The third kappa shape index (κ3) is 11.7. The van der Waals surface area contributed by atoms with Gasteiger partial charge in [-0.1, -0.05) is 169 Å². The molecule has 0 bridgehead atoms. The zero-order chi connectivity index (χ0) is 61.0. The second-order valence-electron chi connectivity index (χ2n) is 25.8. The fraction of sp³-hybridized carbons (Fsp3) is 0.314. The van der Waals surface area contributed by atoms with Crippen LogP contribution in [0.15, 0.2) is 176 Å². The average molecular weight is 1200 g/mol. The summed E-state index contributed by atoms with van der Waals surface area (Å²) in [4.78, 5) is 59.9. The Hall–Kier alpha value is -8.33. The van der Waals surface area contributed by atoms with Crippen LogP contribution >= 0.6 is 0 Å². The molecule has 17 heteroatoms. The number of anilines is 1. The number of esters is 3. The van der Waals surface area contributed by atoms with Crippen molar-refractivity contribution in [3.05, 3.63) is 210 Å². The zero-order valence-electron chi connectivity index (χ0n) is 50.8. The summed E-state index contributed by atoms with van der Waals surface area (Å²) in [6.07, 6.45) is -3.45.